The Morgan fingerprint density at radius 2 is 1.49 bits per heavy atom. The number of hydrogen-bond acceptors (Lipinski definition) is 6. The second-order valence-electron chi connectivity index (χ2n) is 10.3. The van der Waals surface area contributed by atoms with Crippen LogP contribution >= 0.6 is 0 Å². The van der Waals surface area contributed by atoms with Gasteiger partial charge in [-0.1, -0.05) is 78.9 Å². The summed E-state index contributed by atoms with van der Waals surface area (Å²) in [6.07, 6.45) is -0.411. The zero-order valence-corrected chi connectivity index (χ0v) is 22.5. The fourth-order valence-electron chi connectivity index (χ4n) is 5.61. The Bertz CT molecular complexity index is 1400. The molecular formula is C31H32N4O6. The Morgan fingerprint density at radius 3 is 2.15 bits per heavy atom. The van der Waals surface area contributed by atoms with Crippen molar-refractivity contribution in [1.82, 2.24) is 20.9 Å². The Balaban J connectivity index is 1.27. The molecule has 1 fully saturated rings. The minimum absolute atomic E-state index is 0.100. The average molecular weight is 557 g/mol. The summed E-state index contributed by atoms with van der Waals surface area (Å²) in [5, 5.41) is 16.4. The van der Waals surface area contributed by atoms with Gasteiger partial charge in [-0.05, 0) is 34.2 Å². The van der Waals surface area contributed by atoms with Gasteiger partial charge < -0.3 is 25.8 Å². The predicted molar refractivity (Wildman–Crippen MR) is 151 cm³/mol. The topological polar surface area (TPSA) is 137 Å². The van der Waals surface area contributed by atoms with Gasteiger partial charge in [0, 0.05) is 25.6 Å². The van der Waals surface area contributed by atoms with Gasteiger partial charge in [0.2, 0.25) is 11.8 Å². The number of carboxylic acid groups (broad SMARTS) is 1. The Kier molecular flexibility index (Phi) is 8.30. The van der Waals surface area contributed by atoms with Gasteiger partial charge in [-0.15, -0.1) is 0 Å². The molecule has 3 aromatic rings. The zero-order valence-electron chi connectivity index (χ0n) is 22.5. The summed E-state index contributed by atoms with van der Waals surface area (Å²) in [6, 6.07) is 25.9. The maximum Gasteiger partial charge on any atom is 0.408 e. The summed E-state index contributed by atoms with van der Waals surface area (Å²) in [4.78, 5) is 51.5. The standard InChI is InChI=1S/C31H32N4O6/c36-27(32-17-28(37)38)16-33-29(39)31(14-15-35(20-31)18-21-8-2-1-3-9-21)34-30(40)41-19-26-24-12-6-4-10-22(24)23-11-5-7-13-25(23)26/h1-13,26H,14-20H2,(H,32,36)(H,33,39)(H,34,40)(H,37,38). The molecule has 1 aliphatic heterocycles. The molecule has 3 aromatic carbocycles. The normalized spacial score (nSPS) is 17.8. The van der Waals surface area contributed by atoms with Gasteiger partial charge in [0.1, 0.15) is 18.7 Å². The third-order valence-electron chi connectivity index (χ3n) is 7.56. The lowest BCUT2D eigenvalue weighted by molar-refractivity contribution is -0.137. The van der Waals surface area contributed by atoms with Crippen LogP contribution in [0.5, 0.6) is 0 Å². The fraction of sp³-hybridized carbons (Fsp3) is 0.290. The lowest BCUT2D eigenvalue weighted by atomic mass is 9.97. The third kappa shape index (κ3) is 6.38. The summed E-state index contributed by atoms with van der Waals surface area (Å²) < 4.78 is 5.73. The van der Waals surface area contributed by atoms with Crippen molar-refractivity contribution in [2.24, 2.45) is 0 Å². The molecular weight excluding hydrogens is 524 g/mol. The molecule has 5 rings (SSSR count). The van der Waals surface area contributed by atoms with Crippen LogP contribution in [0.4, 0.5) is 4.79 Å². The monoisotopic (exact) mass is 556 g/mol. The van der Waals surface area contributed by atoms with Crippen LogP contribution in [0.2, 0.25) is 0 Å². The summed E-state index contributed by atoms with van der Waals surface area (Å²) in [6.45, 7) is 0.470. The molecule has 1 saturated heterocycles. The highest BCUT2D eigenvalue weighted by atomic mass is 16.5. The van der Waals surface area contributed by atoms with Crippen LogP contribution in [0.15, 0.2) is 78.9 Å². The summed E-state index contributed by atoms with van der Waals surface area (Å²) in [7, 11) is 0. The minimum Gasteiger partial charge on any atom is -0.480 e. The highest BCUT2D eigenvalue weighted by molar-refractivity contribution is 5.93. The van der Waals surface area contributed by atoms with Crippen LogP contribution in [-0.2, 0) is 25.7 Å². The van der Waals surface area contributed by atoms with Gasteiger partial charge >= 0.3 is 12.1 Å². The van der Waals surface area contributed by atoms with E-state index in [1.165, 1.54) is 0 Å². The van der Waals surface area contributed by atoms with E-state index >= 15 is 0 Å². The fourth-order valence-corrected chi connectivity index (χ4v) is 5.61. The number of carboxylic acids is 1. The number of likely N-dealkylation sites (tertiary alicyclic amines) is 1. The molecule has 1 aliphatic carbocycles. The van der Waals surface area contributed by atoms with E-state index in [4.69, 9.17) is 9.84 Å². The van der Waals surface area contributed by atoms with Crippen LogP contribution < -0.4 is 16.0 Å². The van der Waals surface area contributed by atoms with E-state index in [-0.39, 0.29) is 19.1 Å². The predicted octanol–water partition coefficient (Wildman–Crippen LogP) is 2.49. The maximum atomic E-state index is 13.4. The summed E-state index contributed by atoms with van der Waals surface area (Å²) in [5.74, 6) is -2.50. The number of carbonyl (C=O) groups is 4. The second kappa shape index (κ2) is 12.2. The molecule has 0 spiro atoms. The number of nitrogens with one attached hydrogen (secondary N) is 3. The van der Waals surface area contributed by atoms with Crippen molar-refractivity contribution in [1.29, 1.82) is 0 Å². The van der Waals surface area contributed by atoms with E-state index in [0.717, 1.165) is 27.8 Å². The maximum absolute atomic E-state index is 13.4. The first kappa shape index (κ1) is 27.9. The number of amides is 3. The van der Waals surface area contributed by atoms with E-state index < -0.39 is 42.5 Å². The summed E-state index contributed by atoms with van der Waals surface area (Å²) in [5.41, 5.74) is 4.12. The molecule has 1 atom stereocenters. The smallest absolute Gasteiger partial charge is 0.408 e. The number of alkyl carbamates (subject to hydrolysis) is 1. The molecule has 1 heterocycles. The quantitative estimate of drug-likeness (QED) is 0.301. The highest BCUT2D eigenvalue weighted by Gasteiger charge is 2.46. The van der Waals surface area contributed by atoms with E-state index in [9.17, 15) is 19.2 Å². The van der Waals surface area contributed by atoms with Gasteiger partial charge in [-0.2, -0.15) is 0 Å². The van der Waals surface area contributed by atoms with Crippen molar-refractivity contribution in [3.63, 3.8) is 0 Å². The minimum atomic E-state index is -1.33. The SMILES string of the molecule is O=C(O)CNC(=O)CNC(=O)C1(NC(=O)OCC2c3ccccc3-c3ccccc32)CCN(Cc2ccccc2)C1. The Labute approximate surface area is 237 Å². The van der Waals surface area contributed by atoms with Crippen molar-refractivity contribution in [2.75, 3.05) is 32.8 Å². The third-order valence-corrected chi connectivity index (χ3v) is 7.56. The van der Waals surface area contributed by atoms with Gasteiger partial charge in [-0.25, -0.2) is 4.79 Å². The van der Waals surface area contributed by atoms with E-state index in [1.807, 2.05) is 66.7 Å². The average Bonchev–Trinajstić information content (AvgIpc) is 3.53. The number of ether oxygens (including phenoxy) is 1. The number of carbonyl (C=O) groups excluding carboxylic acids is 3. The Morgan fingerprint density at radius 1 is 0.854 bits per heavy atom. The van der Waals surface area contributed by atoms with Gasteiger partial charge in [-0.3, -0.25) is 19.3 Å². The Hall–Kier alpha value is -4.70. The molecule has 2 aliphatic rings. The van der Waals surface area contributed by atoms with Crippen LogP contribution in [0.3, 0.4) is 0 Å². The molecule has 10 heteroatoms. The lowest BCUT2D eigenvalue weighted by Crippen LogP contribution is -2.61. The van der Waals surface area contributed by atoms with E-state index in [0.29, 0.717) is 19.5 Å². The number of aliphatic carboxylic acids is 1. The molecule has 3 amide bonds. The first-order valence-corrected chi connectivity index (χ1v) is 13.5. The molecule has 0 saturated carbocycles. The van der Waals surface area contributed by atoms with Gasteiger partial charge in [0.25, 0.3) is 0 Å². The van der Waals surface area contributed by atoms with Crippen molar-refractivity contribution < 1.29 is 29.0 Å². The molecule has 4 N–H and O–H groups in total. The number of nitrogens with zero attached hydrogens (tertiary/aromatic N) is 1. The van der Waals surface area contributed by atoms with E-state index in [2.05, 4.69) is 33.0 Å². The largest absolute Gasteiger partial charge is 0.480 e. The van der Waals surface area contributed by atoms with Gasteiger partial charge in [0.15, 0.2) is 0 Å². The van der Waals surface area contributed by atoms with Crippen molar-refractivity contribution in [3.05, 3.63) is 95.6 Å². The van der Waals surface area contributed by atoms with Crippen LogP contribution in [0.1, 0.15) is 29.0 Å². The van der Waals surface area contributed by atoms with Crippen LogP contribution in [-0.4, -0.2) is 72.2 Å². The van der Waals surface area contributed by atoms with Crippen LogP contribution in [0, 0.1) is 0 Å². The highest BCUT2D eigenvalue weighted by Crippen LogP contribution is 2.44. The van der Waals surface area contributed by atoms with Crippen molar-refractivity contribution >= 4 is 23.9 Å². The van der Waals surface area contributed by atoms with Crippen molar-refractivity contribution in [2.45, 2.75) is 24.4 Å². The molecule has 0 radical (unpaired) electrons. The molecule has 212 valence electrons. The van der Waals surface area contributed by atoms with Gasteiger partial charge in [0.05, 0.1) is 6.54 Å². The second-order valence-corrected chi connectivity index (χ2v) is 10.3. The number of hydrogen-bond donors (Lipinski definition) is 4. The lowest BCUT2D eigenvalue weighted by Gasteiger charge is -2.29. The number of rotatable bonds is 10. The zero-order chi connectivity index (χ0) is 28.8. The molecule has 10 nitrogen and oxygen atoms in total. The van der Waals surface area contributed by atoms with E-state index in [1.54, 1.807) is 0 Å². The molecule has 0 bridgehead atoms. The first-order chi connectivity index (χ1) is 19.8. The number of fused-ring (bicyclic) bond motifs is 3. The molecule has 41 heavy (non-hydrogen) atoms. The molecule has 1 unspecified atom stereocenters. The van der Waals surface area contributed by atoms with Crippen LogP contribution in [0.25, 0.3) is 11.1 Å². The first-order valence-electron chi connectivity index (χ1n) is 13.5. The summed E-state index contributed by atoms with van der Waals surface area (Å²) >= 11 is 0. The number of benzene rings is 3. The molecule has 0 aromatic heterocycles. The van der Waals surface area contributed by atoms with Crippen molar-refractivity contribution in [3.8, 4) is 11.1 Å².